The summed E-state index contributed by atoms with van der Waals surface area (Å²) in [5, 5.41) is 4.22. The minimum absolute atomic E-state index is 0.458. The highest BCUT2D eigenvalue weighted by atomic mass is 16.6. The van der Waals surface area contributed by atoms with Crippen LogP contribution in [0.2, 0.25) is 0 Å². The first-order valence-electron chi connectivity index (χ1n) is 11.2. The number of methoxy groups -OCH3 is 2. The third-order valence-electron chi connectivity index (χ3n) is 6.46. The lowest BCUT2D eigenvalue weighted by atomic mass is 9.75. The predicted octanol–water partition coefficient (Wildman–Crippen LogP) is 5.92. The van der Waals surface area contributed by atoms with E-state index in [2.05, 4.69) is 31.1 Å². The molecule has 1 aliphatic heterocycles. The van der Waals surface area contributed by atoms with Gasteiger partial charge in [0.05, 0.1) is 14.2 Å². The lowest BCUT2D eigenvalue weighted by molar-refractivity contribution is 0.000771. The SMILES string of the molecule is CCC(CCc1ccc(OC)c(OC)c1)(Oc1cc(-c2ccccc2)on1)C1(C)C=CC=N1. The summed E-state index contributed by atoms with van der Waals surface area (Å²) >= 11 is 0. The summed E-state index contributed by atoms with van der Waals surface area (Å²) in [5.41, 5.74) is 0.949. The number of aromatic nitrogens is 1. The molecular formula is C27H30N2O4. The largest absolute Gasteiger partial charge is 0.493 e. The Balaban J connectivity index is 1.62. The second-order valence-corrected chi connectivity index (χ2v) is 8.32. The second-order valence-electron chi connectivity index (χ2n) is 8.32. The van der Waals surface area contributed by atoms with Gasteiger partial charge >= 0.3 is 0 Å². The zero-order valence-corrected chi connectivity index (χ0v) is 19.6. The van der Waals surface area contributed by atoms with Crippen LogP contribution in [0, 0.1) is 0 Å². The molecule has 6 heteroatoms. The van der Waals surface area contributed by atoms with Gasteiger partial charge in [0.25, 0.3) is 5.88 Å². The van der Waals surface area contributed by atoms with Crippen molar-refractivity contribution in [1.29, 1.82) is 0 Å². The number of nitrogens with zero attached hydrogens (tertiary/aromatic N) is 2. The van der Waals surface area contributed by atoms with Crippen LogP contribution in [0.1, 0.15) is 32.3 Å². The monoisotopic (exact) mass is 446 g/mol. The summed E-state index contributed by atoms with van der Waals surface area (Å²) in [6.07, 6.45) is 8.15. The zero-order chi connectivity index (χ0) is 23.3. The highest BCUT2D eigenvalue weighted by Gasteiger charge is 2.49. The molecule has 2 unspecified atom stereocenters. The van der Waals surface area contributed by atoms with Gasteiger partial charge in [-0.25, -0.2) is 0 Å². The maximum Gasteiger partial charge on any atom is 0.255 e. The Labute approximate surface area is 194 Å². The fraction of sp³-hybridized carbons (Fsp3) is 0.333. The molecule has 2 heterocycles. The van der Waals surface area contributed by atoms with Gasteiger partial charge in [0.2, 0.25) is 0 Å². The van der Waals surface area contributed by atoms with Gasteiger partial charge in [0.15, 0.2) is 17.3 Å². The number of rotatable bonds is 10. The van der Waals surface area contributed by atoms with Crippen LogP contribution in [0.25, 0.3) is 11.3 Å². The van der Waals surface area contributed by atoms with Crippen molar-refractivity contribution in [2.24, 2.45) is 4.99 Å². The standard InChI is InChI=1S/C27H30N2O4/c1-5-27(26(2)15-9-17-28-26,16-14-20-12-13-22(30-3)24(18-20)31-4)32-25-19-23(33-29-25)21-10-7-6-8-11-21/h6-13,15,17-19H,5,14,16H2,1-4H3. The van der Waals surface area contributed by atoms with Crippen LogP contribution < -0.4 is 14.2 Å². The first-order valence-corrected chi connectivity index (χ1v) is 11.2. The average Bonchev–Trinajstić information content (AvgIpc) is 3.52. The molecule has 2 atom stereocenters. The molecule has 0 aliphatic carbocycles. The molecule has 4 rings (SSSR count). The number of hydrogen-bond donors (Lipinski definition) is 0. The minimum atomic E-state index is -0.617. The number of ether oxygens (including phenoxy) is 3. The normalized spacial score (nSPS) is 18.8. The van der Waals surface area contributed by atoms with Crippen molar-refractivity contribution in [3.05, 3.63) is 72.3 Å². The molecule has 3 aromatic rings. The van der Waals surface area contributed by atoms with Crippen molar-refractivity contribution in [3.8, 4) is 28.7 Å². The van der Waals surface area contributed by atoms with E-state index in [1.807, 2.05) is 60.8 Å². The van der Waals surface area contributed by atoms with E-state index in [0.717, 1.165) is 30.4 Å². The van der Waals surface area contributed by atoms with Crippen LogP contribution in [-0.4, -0.2) is 36.7 Å². The quantitative estimate of drug-likeness (QED) is 0.387. The fourth-order valence-electron chi connectivity index (χ4n) is 4.38. The first kappa shape index (κ1) is 22.6. The number of allylic oxidation sites excluding steroid dienone is 1. The molecule has 0 saturated heterocycles. The fourth-order valence-corrected chi connectivity index (χ4v) is 4.38. The summed E-state index contributed by atoms with van der Waals surface area (Å²) in [5.74, 6) is 2.56. The Bertz CT molecular complexity index is 1120. The zero-order valence-electron chi connectivity index (χ0n) is 19.6. The van der Waals surface area contributed by atoms with Crippen molar-refractivity contribution in [3.63, 3.8) is 0 Å². The Kier molecular flexibility index (Phi) is 6.54. The number of aryl methyl sites for hydroxylation is 1. The molecule has 0 N–H and O–H groups in total. The highest BCUT2D eigenvalue weighted by molar-refractivity contribution is 5.75. The Hall–Kier alpha value is -3.54. The molecule has 1 aliphatic rings. The van der Waals surface area contributed by atoms with Gasteiger partial charge in [-0.2, -0.15) is 0 Å². The van der Waals surface area contributed by atoms with Gasteiger partial charge in [-0.3, -0.25) is 4.99 Å². The molecule has 33 heavy (non-hydrogen) atoms. The van der Waals surface area contributed by atoms with Crippen LogP contribution in [0.5, 0.6) is 17.4 Å². The lowest BCUT2D eigenvalue weighted by Crippen LogP contribution is -2.53. The van der Waals surface area contributed by atoms with Crippen molar-refractivity contribution >= 4 is 6.21 Å². The molecule has 0 saturated carbocycles. The maximum absolute atomic E-state index is 6.64. The topological polar surface area (TPSA) is 66.1 Å². The highest BCUT2D eigenvalue weighted by Crippen LogP contribution is 2.41. The summed E-state index contributed by atoms with van der Waals surface area (Å²) in [7, 11) is 3.29. The van der Waals surface area contributed by atoms with E-state index in [1.165, 1.54) is 0 Å². The number of aliphatic imine (C=N–C) groups is 1. The van der Waals surface area contributed by atoms with Crippen molar-refractivity contribution in [1.82, 2.24) is 5.16 Å². The van der Waals surface area contributed by atoms with Crippen molar-refractivity contribution < 1.29 is 18.7 Å². The van der Waals surface area contributed by atoms with Crippen LogP contribution >= 0.6 is 0 Å². The minimum Gasteiger partial charge on any atom is -0.493 e. The van der Waals surface area contributed by atoms with Crippen molar-refractivity contribution in [2.45, 2.75) is 44.2 Å². The lowest BCUT2D eigenvalue weighted by Gasteiger charge is -2.42. The van der Waals surface area contributed by atoms with E-state index < -0.39 is 11.1 Å². The van der Waals surface area contributed by atoms with E-state index >= 15 is 0 Å². The molecule has 0 fully saturated rings. The summed E-state index contributed by atoms with van der Waals surface area (Å²) in [6, 6.07) is 17.7. The molecule has 172 valence electrons. The van der Waals surface area contributed by atoms with E-state index in [9.17, 15) is 0 Å². The second kappa shape index (κ2) is 9.53. The molecule has 1 aromatic heterocycles. The molecule has 0 bridgehead atoms. The summed E-state index contributed by atoms with van der Waals surface area (Å²) in [6.45, 7) is 4.23. The first-order chi connectivity index (χ1) is 16.0. The maximum atomic E-state index is 6.64. The Morgan fingerprint density at radius 3 is 2.45 bits per heavy atom. The van der Waals surface area contributed by atoms with Crippen LogP contribution in [0.3, 0.4) is 0 Å². The van der Waals surface area contributed by atoms with E-state index in [-0.39, 0.29) is 0 Å². The number of hydrogen-bond acceptors (Lipinski definition) is 6. The molecular weight excluding hydrogens is 416 g/mol. The smallest absolute Gasteiger partial charge is 0.255 e. The van der Waals surface area contributed by atoms with Crippen LogP contribution in [0.4, 0.5) is 0 Å². The van der Waals surface area contributed by atoms with E-state index in [0.29, 0.717) is 23.1 Å². The van der Waals surface area contributed by atoms with Gasteiger partial charge in [-0.15, -0.1) is 0 Å². The van der Waals surface area contributed by atoms with Gasteiger partial charge in [0.1, 0.15) is 11.1 Å². The Morgan fingerprint density at radius 1 is 1.00 bits per heavy atom. The number of benzene rings is 2. The molecule has 0 amide bonds. The average molecular weight is 447 g/mol. The van der Waals surface area contributed by atoms with E-state index in [4.69, 9.17) is 23.7 Å². The van der Waals surface area contributed by atoms with Gasteiger partial charge in [0, 0.05) is 17.8 Å². The third kappa shape index (κ3) is 4.51. The molecule has 6 nitrogen and oxygen atoms in total. The van der Waals surface area contributed by atoms with Crippen LogP contribution in [0.15, 0.2) is 76.3 Å². The van der Waals surface area contributed by atoms with Crippen LogP contribution in [-0.2, 0) is 6.42 Å². The third-order valence-corrected chi connectivity index (χ3v) is 6.46. The molecule has 0 radical (unpaired) electrons. The molecule has 0 spiro atoms. The van der Waals surface area contributed by atoms with Crippen molar-refractivity contribution in [2.75, 3.05) is 14.2 Å². The van der Waals surface area contributed by atoms with Gasteiger partial charge in [-0.05, 0) is 55.1 Å². The molecule has 2 aromatic carbocycles. The Morgan fingerprint density at radius 2 is 1.79 bits per heavy atom. The van der Waals surface area contributed by atoms with Gasteiger partial charge in [-0.1, -0.05) is 49.4 Å². The summed E-state index contributed by atoms with van der Waals surface area (Å²) < 4.78 is 23.1. The summed E-state index contributed by atoms with van der Waals surface area (Å²) in [4.78, 5) is 4.78. The van der Waals surface area contributed by atoms with E-state index in [1.54, 1.807) is 14.2 Å². The predicted molar refractivity (Wildman–Crippen MR) is 129 cm³/mol. The van der Waals surface area contributed by atoms with Gasteiger partial charge < -0.3 is 18.7 Å².